The van der Waals surface area contributed by atoms with Crippen LogP contribution < -0.4 is 5.73 Å². The maximum Gasteiger partial charge on any atom is 0.230 e. The third-order valence-electron chi connectivity index (χ3n) is 3.62. The maximum absolute atomic E-state index is 6.14. The molecule has 0 spiro atoms. The largest absolute Gasteiger partial charge is 0.339 e. The molecular weight excluding hydrogens is 262 g/mol. The van der Waals surface area contributed by atoms with E-state index < -0.39 is 0 Å². The van der Waals surface area contributed by atoms with Crippen LogP contribution in [0.15, 0.2) is 28.8 Å². The third-order valence-corrected chi connectivity index (χ3v) is 3.95. The molecule has 0 radical (unpaired) electrons. The van der Waals surface area contributed by atoms with Crippen LogP contribution in [0, 0.1) is 0 Å². The van der Waals surface area contributed by atoms with E-state index in [0.717, 1.165) is 31.2 Å². The Labute approximate surface area is 117 Å². The molecule has 1 heterocycles. The van der Waals surface area contributed by atoms with Crippen molar-refractivity contribution in [1.29, 1.82) is 0 Å². The topological polar surface area (TPSA) is 64.9 Å². The lowest BCUT2D eigenvalue weighted by atomic mass is 9.86. The van der Waals surface area contributed by atoms with Crippen molar-refractivity contribution < 1.29 is 4.52 Å². The van der Waals surface area contributed by atoms with Crippen LogP contribution in [-0.2, 0) is 0 Å². The van der Waals surface area contributed by atoms with E-state index >= 15 is 0 Å². The summed E-state index contributed by atoms with van der Waals surface area (Å²) in [4.78, 5) is 4.48. The van der Waals surface area contributed by atoms with Crippen LogP contribution in [0.4, 0.5) is 0 Å². The van der Waals surface area contributed by atoms with Crippen LogP contribution in [0.3, 0.4) is 0 Å². The molecule has 1 aliphatic carbocycles. The summed E-state index contributed by atoms with van der Waals surface area (Å²) >= 11 is 6.14. The Balaban J connectivity index is 1.85. The summed E-state index contributed by atoms with van der Waals surface area (Å²) in [6.07, 6.45) is 4.19. The Morgan fingerprint density at radius 3 is 2.89 bits per heavy atom. The van der Waals surface area contributed by atoms with Crippen molar-refractivity contribution in [3.63, 3.8) is 0 Å². The molecule has 1 saturated carbocycles. The van der Waals surface area contributed by atoms with E-state index in [1.807, 2.05) is 24.3 Å². The highest BCUT2D eigenvalue weighted by Crippen LogP contribution is 2.33. The number of nitrogens with zero attached hydrogens (tertiary/aromatic N) is 2. The molecule has 100 valence electrons. The SMILES string of the molecule is NC1CCCC(c2nc(-c3ccccc3Cl)no2)C1. The minimum atomic E-state index is 0.245. The fraction of sp³-hybridized carbons (Fsp3) is 0.429. The molecule has 3 rings (SSSR count). The smallest absolute Gasteiger partial charge is 0.230 e. The Bertz CT molecular complexity index is 569. The van der Waals surface area contributed by atoms with Gasteiger partial charge in [0.05, 0.1) is 5.02 Å². The molecule has 2 N–H and O–H groups in total. The molecule has 1 fully saturated rings. The summed E-state index contributed by atoms with van der Waals surface area (Å²) in [6.45, 7) is 0. The van der Waals surface area contributed by atoms with Gasteiger partial charge in [0.25, 0.3) is 0 Å². The normalized spacial score (nSPS) is 23.5. The first kappa shape index (κ1) is 12.6. The van der Waals surface area contributed by atoms with Gasteiger partial charge < -0.3 is 10.3 Å². The molecule has 1 aromatic heterocycles. The number of hydrogen-bond acceptors (Lipinski definition) is 4. The van der Waals surface area contributed by atoms with E-state index in [-0.39, 0.29) is 12.0 Å². The van der Waals surface area contributed by atoms with Crippen molar-refractivity contribution in [1.82, 2.24) is 10.1 Å². The third kappa shape index (κ3) is 2.65. The average Bonchev–Trinajstić information content (AvgIpc) is 2.89. The Kier molecular flexibility index (Phi) is 3.53. The first-order valence-electron chi connectivity index (χ1n) is 6.58. The number of halogens is 1. The zero-order chi connectivity index (χ0) is 13.2. The standard InChI is InChI=1S/C14H16ClN3O/c15-12-7-2-1-6-11(12)13-17-14(19-18-13)9-4-3-5-10(16)8-9/h1-2,6-7,9-10H,3-5,8,16H2. The van der Waals surface area contributed by atoms with E-state index in [9.17, 15) is 0 Å². The lowest BCUT2D eigenvalue weighted by molar-refractivity contribution is 0.299. The minimum Gasteiger partial charge on any atom is -0.339 e. The van der Waals surface area contributed by atoms with Gasteiger partial charge in [0, 0.05) is 17.5 Å². The van der Waals surface area contributed by atoms with Crippen molar-refractivity contribution >= 4 is 11.6 Å². The van der Waals surface area contributed by atoms with Crippen molar-refractivity contribution in [2.75, 3.05) is 0 Å². The number of hydrogen-bond donors (Lipinski definition) is 1. The second-order valence-corrected chi connectivity index (χ2v) is 5.47. The fourth-order valence-electron chi connectivity index (χ4n) is 2.60. The van der Waals surface area contributed by atoms with Gasteiger partial charge in [-0.2, -0.15) is 4.98 Å². The molecule has 4 nitrogen and oxygen atoms in total. The molecule has 0 amide bonds. The lowest BCUT2D eigenvalue weighted by Crippen LogP contribution is -2.26. The van der Waals surface area contributed by atoms with Gasteiger partial charge in [-0.25, -0.2) is 0 Å². The molecule has 1 aromatic carbocycles. The Hall–Kier alpha value is -1.39. The number of nitrogens with two attached hydrogens (primary N) is 1. The van der Waals surface area contributed by atoms with Crippen molar-refractivity contribution in [3.05, 3.63) is 35.2 Å². The van der Waals surface area contributed by atoms with Crippen LogP contribution in [0.2, 0.25) is 5.02 Å². The van der Waals surface area contributed by atoms with Gasteiger partial charge in [-0.15, -0.1) is 0 Å². The molecule has 2 unspecified atom stereocenters. The van der Waals surface area contributed by atoms with Gasteiger partial charge in [-0.3, -0.25) is 0 Å². The summed E-state index contributed by atoms with van der Waals surface area (Å²) in [5.74, 6) is 1.53. The van der Waals surface area contributed by atoms with Gasteiger partial charge in [-0.05, 0) is 31.4 Å². The van der Waals surface area contributed by atoms with E-state index in [0.29, 0.717) is 16.7 Å². The highest BCUT2D eigenvalue weighted by molar-refractivity contribution is 6.33. The zero-order valence-electron chi connectivity index (χ0n) is 10.6. The second-order valence-electron chi connectivity index (χ2n) is 5.06. The molecule has 1 aliphatic rings. The van der Waals surface area contributed by atoms with Crippen LogP contribution in [0.5, 0.6) is 0 Å². The fourth-order valence-corrected chi connectivity index (χ4v) is 2.83. The van der Waals surface area contributed by atoms with Crippen LogP contribution in [-0.4, -0.2) is 16.2 Å². The van der Waals surface area contributed by atoms with Crippen LogP contribution >= 0.6 is 11.6 Å². The van der Waals surface area contributed by atoms with E-state index in [1.54, 1.807) is 0 Å². The second kappa shape index (κ2) is 5.31. The van der Waals surface area contributed by atoms with Gasteiger partial charge in [0.1, 0.15) is 0 Å². The zero-order valence-corrected chi connectivity index (χ0v) is 11.3. The first-order valence-corrected chi connectivity index (χ1v) is 6.96. The summed E-state index contributed by atoms with van der Waals surface area (Å²) < 4.78 is 5.39. The van der Waals surface area contributed by atoms with E-state index in [1.165, 1.54) is 0 Å². The summed E-state index contributed by atoms with van der Waals surface area (Å²) in [6, 6.07) is 7.75. The molecule has 5 heteroatoms. The Morgan fingerprint density at radius 1 is 1.26 bits per heavy atom. The minimum absolute atomic E-state index is 0.245. The number of benzene rings is 1. The monoisotopic (exact) mass is 277 g/mol. The van der Waals surface area contributed by atoms with Gasteiger partial charge >= 0.3 is 0 Å². The molecule has 0 aliphatic heterocycles. The maximum atomic E-state index is 6.14. The average molecular weight is 278 g/mol. The van der Waals surface area contributed by atoms with Gasteiger partial charge in [-0.1, -0.05) is 35.3 Å². The predicted molar refractivity (Wildman–Crippen MR) is 73.9 cm³/mol. The molecule has 2 atom stereocenters. The number of rotatable bonds is 2. The van der Waals surface area contributed by atoms with Crippen molar-refractivity contribution in [3.8, 4) is 11.4 Å². The van der Waals surface area contributed by atoms with Gasteiger partial charge in [0.2, 0.25) is 11.7 Å². The first-order chi connectivity index (χ1) is 9.24. The lowest BCUT2D eigenvalue weighted by Gasteiger charge is -2.23. The molecule has 0 bridgehead atoms. The quantitative estimate of drug-likeness (QED) is 0.914. The van der Waals surface area contributed by atoms with Crippen LogP contribution in [0.25, 0.3) is 11.4 Å². The summed E-state index contributed by atoms with van der Waals surface area (Å²) in [5, 5.41) is 4.67. The molecule has 0 saturated heterocycles. The number of aromatic nitrogens is 2. The molecular formula is C14H16ClN3O. The van der Waals surface area contributed by atoms with E-state index in [2.05, 4.69) is 10.1 Å². The summed E-state index contributed by atoms with van der Waals surface area (Å²) in [7, 11) is 0. The van der Waals surface area contributed by atoms with Crippen molar-refractivity contribution in [2.24, 2.45) is 5.73 Å². The molecule has 19 heavy (non-hydrogen) atoms. The summed E-state index contributed by atoms with van der Waals surface area (Å²) in [5.41, 5.74) is 6.80. The highest BCUT2D eigenvalue weighted by Gasteiger charge is 2.25. The van der Waals surface area contributed by atoms with Gasteiger partial charge in [0.15, 0.2) is 0 Å². The van der Waals surface area contributed by atoms with E-state index in [4.69, 9.17) is 21.9 Å². The van der Waals surface area contributed by atoms with Crippen LogP contribution in [0.1, 0.15) is 37.5 Å². The predicted octanol–water partition coefficient (Wildman–Crippen LogP) is 3.37. The highest BCUT2D eigenvalue weighted by atomic mass is 35.5. The molecule has 2 aromatic rings. The Morgan fingerprint density at radius 2 is 2.11 bits per heavy atom. The van der Waals surface area contributed by atoms with Crippen molar-refractivity contribution in [2.45, 2.75) is 37.6 Å².